The summed E-state index contributed by atoms with van der Waals surface area (Å²) in [4.78, 5) is 14.0. The number of nitrogens with zero attached hydrogens (tertiary/aromatic N) is 3. The molecule has 0 amide bonds. The quantitative estimate of drug-likeness (QED) is 0.482. The second-order valence-electron chi connectivity index (χ2n) is 9.88. The lowest BCUT2D eigenvalue weighted by Crippen LogP contribution is -2.38. The Balaban J connectivity index is 1.22. The molecule has 0 spiro atoms. The van der Waals surface area contributed by atoms with Gasteiger partial charge >= 0.3 is 0 Å². The smallest absolute Gasteiger partial charge is 0.161 e. The zero-order chi connectivity index (χ0) is 24.4. The lowest BCUT2D eigenvalue weighted by atomic mass is 9.94. The molecule has 9 heteroatoms. The molecule has 1 aromatic carbocycles. The summed E-state index contributed by atoms with van der Waals surface area (Å²) in [6.45, 7) is 8.09. The predicted octanol–water partition coefficient (Wildman–Crippen LogP) is 4.00. The number of fused-ring (bicyclic) bond motifs is 3. The van der Waals surface area contributed by atoms with Gasteiger partial charge in [0.1, 0.15) is 23.6 Å². The van der Waals surface area contributed by atoms with Crippen LogP contribution in [0.25, 0.3) is 10.2 Å². The minimum absolute atomic E-state index is 0.0181. The number of methoxy groups -OCH3 is 1. The first kappa shape index (κ1) is 24.2. The van der Waals surface area contributed by atoms with E-state index < -0.39 is 0 Å². The van der Waals surface area contributed by atoms with Crippen LogP contribution in [-0.4, -0.2) is 65.0 Å². The third kappa shape index (κ3) is 5.38. The molecule has 1 saturated heterocycles. The fourth-order valence-electron chi connectivity index (χ4n) is 4.96. The fraction of sp³-hybridized carbons (Fsp3) is 0.538. The molecule has 188 valence electrons. The Morgan fingerprint density at radius 3 is 2.83 bits per heavy atom. The van der Waals surface area contributed by atoms with Gasteiger partial charge in [0.2, 0.25) is 0 Å². The Hall–Kier alpha value is -2.46. The maximum Gasteiger partial charge on any atom is 0.161 e. The molecule has 8 nitrogen and oxygen atoms in total. The largest absolute Gasteiger partial charge is 0.493 e. The van der Waals surface area contributed by atoms with Crippen molar-refractivity contribution >= 4 is 27.4 Å². The van der Waals surface area contributed by atoms with Crippen molar-refractivity contribution in [1.29, 1.82) is 0 Å². The van der Waals surface area contributed by atoms with Crippen LogP contribution in [0.3, 0.4) is 0 Å². The van der Waals surface area contributed by atoms with Crippen LogP contribution in [0, 0.1) is 0 Å². The van der Waals surface area contributed by atoms with Crippen LogP contribution in [-0.2, 0) is 24.3 Å². The Labute approximate surface area is 210 Å². The molecule has 35 heavy (non-hydrogen) atoms. The topological polar surface area (TPSA) is 89.0 Å². The van der Waals surface area contributed by atoms with Crippen LogP contribution in [0.5, 0.6) is 11.5 Å². The van der Waals surface area contributed by atoms with E-state index in [2.05, 4.69) is 40.1 Å². The Bertz CT molecular complexity index is 1170. The number of nitrogens with one attached hydrogen (secondary N) is 1. The van der Waals surface area contributed by atoms with Crippen molar-refractivity contribution in [3.63, 3.8) is 0 Å². The highest BCUT2D eigenvalue weighted by Crippen LogP contribution is 2.40. The van der Waals surface area contributed by atoms with Gasteiger partial charge in [-0.05, 0) is 49.9 Å². The maximum atomic E-state index is 9.00. The third-order valence-electron chi connectivity index (χ3n) is 6.78. The monoisotopic (exact) mass is 498 g/mol. The average Bonchev–Trinajstić information content (AvgIpc) is 3.22. The number of likely N-dealkylation sites (tertiary alicyclic amines) is 1. The van der Waals surface area contributed by atoms with Crippen LogP contribution >= 0.6 is 11.3 Å². The van der Waals surface area contributed by atoms with Gasteiger partial charge in [0.15, 0.2) is 11.5 Å². The standard InChI is InChI=1S/C26H34N4O4S/c1-26(2)13-19-22(15-34-26)35-25-23(19)24(27-16-28-25)29-18-6-8-30(9-7-18)14-17-4-5-20(33-11-10-31)21(12-17)32-3/h4-5,12,16,18,31H,6-11,13-15H2,1-3H3,(H,27,28,29). The van der Waals surface area contributed by atoms with Gasteiger partial charge in [-0.2, -0.15) is 0 Å². The number of rotatable bonds is 8. The molecule has 0 unspecified atom stereocenters. The summed E-state index contributed by atoms with van der Waals surface area (Å²) in [5, 5.41) is 13.9. The third-order valence-corrected chi connectivity index (χ3v) is 7.89. The molecule has 2 N–H and O–H groups in total. The normalized spacial score (nSPS) is 18.4. The summed E-state index contributed by atoms with van der Waals surface area (Å²) in [6, 6.07) is 6.41. The van der Waals surface area contributed by atoms with Crippen molar-refractivity contribution in [2.75, 3.05) is 38.7 Å². The maximum absolute atomic E-state index is 9.00. The summed E-state index contributed by atoms with van der Waals surface area (Å²) in [5.41, 5.74) is 2.38. The van der Waals surface area contributed by atoms with Gasteiger partial charge in [-0.1, -0.05) is 6.07 Å². The number of piperidine rings is 1. The van der Waals surface area contributed by atoms with Crippen LogP contribution in [0.15, 0.2) is 24.5 Å². The number of aromatic nitrogens is 2. The minimum atomic E-state index is -0.161. The molecular formula is C26H34N4O4S. The van der Waals surface area contributed by atoms with Crippen molar-refractivity contribution in [1.82, 2.24) is 14.9 Å². The summed E-state index contributed by atoms with van der Waals surface area (Å²) in [7, 11) is 1.64. The molecule has 2 aliphatic rings. The van der Waals surface area contributed by atoms with Crippen molar-refractivity contribution < 1.29 is 19.3 Å². The second kappa shape index (κ2) is 10.3. The zero-order valence-electron chi connectivity index (χ0n) is 20.7. The van der Waals surface area contributed by atoms with Gasteiger partial charge in [-0.3, -0.25) is 4.90 Å². The van der Waals surface area contributed by atoms with Gasteiger partial charge in [0.05, 0.1) is 31.3 Å². The minimum Gasteiger partial charge on any atom is -0.493 e. The number of hydrogen-bond acceptors (Lipinski definition) is 9. The number of aliphatic hydroxyl groups is 1. The van der Waals surface area contributed by atoms with Crippen molar-refractivity contribution in [3.8, 4) is 11.5 Å². The summed E-state index contributed by atoms with van der Waals surface area (Å²) >= 11 is 1.73. The molecule has 0 saturated carbocycles. The van der Waals surface area contributed by atoms with Crippen LogP contribution in [0.4, 0.5) is 5.82 Å². The highest BCUT2D eigenvalue weighted by molar-refractivity contribution is 7.18. The number of ether oxygens (including phenoxy) is 3. The lowest BCUT2D eigenvalue weighted by Gasteiger charge is -2.33. The zero-order valence-corrected chi connectivity index (χ0v) is 21.5. The number of anilines is 1. The summed E-state index contributed by atoms with van der Waals surface area (Å²) in [5.74, 6) is 2.33. The Morgan fingerprint density at radius 2 is 2.06 bits per heavy atom. The summed E-state index contributed by atoms with van der Waals surface area (Å²) in [6.07, 6.45) is 4.67. The van der Waals surface area contributed by atoms with E-state index in [1.54, 1.807) is 24.8 Å². The number of aliphatic hydroxyl groups excluding tert-OH is 1. The average molecular weight is 499 g/mol. The van der Waals surface area contributed by atoms with E-state index in [0.717, 1.165) is 49.5 Å². The van der Waals surface area contributed by atoms with Gasteiger partial charge in [0, 0.05) is 37.0 Å². The Kier molecular flexibility index (Phi) is 7.11. The molecule has 2 aromatic heterocycles. The number of benzene rings is 1. The highest BCUT2D eigenvalue weighted by Gasteiger charge is 2.31. The molecule has 0 aliphatic carbocycles. The van der Waals surface area contributed by atoms with Gasteiger partial charge in [-0.25, -0.2) is 9.97 Å². The summed E-state index contributed by atoms with van der Waals surface area (Å²) < 4.78 is 17.1. The number of thiophene rings is 1. The molecule has 2 aliphatic heterocycles. The van der Waals surface area contributed by atoms with E-state index in [-0.39, 0.29) is 18.8 Å². The molecule has 1 fully saturated rings. The van der Waals surface area contributed by atoms with Gasteiger partial charge in [0.25, 0.3) is 0 Å². The van der Waals surface area contributed by atoms with Crippen LogP contribution in [0.2, 0.25) is 0 Å². The van der Waals surface area contributed by atoms with Crippen LogP contribution in [0.1, 0.15) is 42.7 Å². The van der Waals surface area contributed by atoms with Crippen molar-refractivity contribution in [2.24, 2.45) is 0 Å². The van der Waals surface area contributed by atoms with E-state index in [1.165, 1.54) is 21.4 Å². The first-order valence-corrected chi connectivity index (χ1v) is 13.1. The molecule has 3 aromatic rings. The second-order valence-corrected chi connectivity index (χ2v) is 11.0. The van der Waals surface area contributed by atoms with Crippen molar-refractivity contribution in [2.45, 2.75) is 57.9 Å². The molecule has 4 heterocycles. The predicted molar refractivity (Wildman–Crippen MR) is 137 cm³/mol. The van der Waals surface area contributed by atoms with Gasteiger partial charge in [-0.15, -0.1) is 11.3 Å². The van der Waals surface area contributed by atoms with E-state index in [0.29, 0.717) is 24.1 Å². The van der Waals surface area contributed by atoms with E-state index in [1.807, 2.05) is 12.1 Å². The SMILES string of the molecule is COc1cc(CN2CCC(Nc3ncnc4sc5c(c34)CC(C)(C)OC5)CC2)ccc1OCCO. The van der Waals surface area contributed by atoms with E-state index in [9.17, 15) is 0 Å². The molecule has 0 bridgehead atoms. The van der Waals surface area contributed by atoms with Crippen molar-refractivity contribution in [3.05, 3.63) is 40.5 Å². The molecular weight excluding hydrogens is 464 g/mol. The molecule has 5 rings (SSSR count). The highest BCUT2D eigenvalue weighted by atomic mass is 32.1. The molecule has 0 radical (unpaired) electrons. The lowest BCUT2D eigenvalue weighted by molar-refractivity contribution is -0.0379. The van der Waals surface area contributed by atoms with E-state index in [4.69, 9.17) is 19.3 Å². The first-order chi connectivity index (χ1) is 17.0. The fourth-order valence-corrected chi connectivity index (χ4v) is 6.03. The first-order valence-electron chi connectivity index (χ1n) is 12.2. The number of hydrogen-bond donors (Lipinski definition) is 2. The molecule has 0 atom stereocenters. The van der Waals surface area contributed by atoms with Gasteiger partial charge < -0.3 is 24.6 Å². The Morgan fingerprint density at radius 1 is 1.23 bits per heavy atom. The van der Waals surface area contributed by atoms with E-state index >= 15 is 0 Å². The van der Waals surface area contributed by atoms with Crippen LogP contribution < -0.4 is 14.8 Å².